The zero-order valence-corrected chi connectivity index (χ0v) is 13.2. The molecule has 0 spiro atoms. The van der Waals surface area contributed by atoms with Crippen LogP contribution in [0, 0.1) is 18.3 Å². The largest absolute Gasteiger partial charge is 0.387 e. The number of aryl methyl sites for hydroxylation is 1. The van der Waals surface area contributed by atoms with Crippen molar-refractivity contribution in [3.8, 4) is 6.07 Å². The SMILES string of the molecule is Cc1ccc(C(O)CNc2c(C#N)c(=O)n(C)c(=O)n2C)cc1. The molecule has 120 valence electrons. The number of benzene rings is 1. The number of aromatic nitrogens is 2. The van der Waals surface area contributed by atoms with E-state index in [0.29, 0.717) is 5.56 Å². The van der Waals surface area contributed by atoms with E-state index in [1.54, 1.807) is 18.2 Å². The monoisotopic (exact) mass is 314 g/mol. The molecule has 7 heteroatoms. The van der Waals surface area contributed by atoms with Crippen molar-refractivity contribution in [2.45, 2.75) is 13.0 Å². The Bertz CT molecular complexity index is 872. The fourth-order valence-electron chi connectivity index (χ4n) is 2.25. The molecule has 0 fully saturated rings. The molecule has 1 heterocycles. The molecule has 1 atom stereocenters. The van der Waals surface area contributed by atoms with Crippen LogP contribution in [0.5, 0.6) is 0 Å². The average molecular weight is 314 g/mol. The number of hydrogen-bond donors (Lipinski definition) is 2. The smallest absolute Gasteiger partial charge is 0.332 e. The molecule has 2 N–H and O–H groups in total. The zero-order chi connectivity index (χ0) is 17.1. The molecule has 1 aromatic carbocycles. The van der Waals surface area contributed by atoms with Gasteiger partial charge in [-0.1, -0.05) is 29.8 Å². The number of nitrogens with zero attached hydrogens (tertiary/aromatic N) is 3. The fraction of sp³-hybridized carbons (Fsp3) is 0.312. The first-order chi connectivity index (χ1) is 10.9. The predicted octanol–water partition coefficient (Wildman–Crippen LogP) is 0.410. The second kappa shape index (κ2) is 6.50. The number of nitriles is 1. The second-order valence-electron chi connectivity index (χ2n) is 5.35. The van der Waals surface area contributed by atoms with Crippen LogP contribution in [-0.2, 0) is 14.1 Å². The van der Waals surface area contributed by atoms with Gasteiger partial charge in [0.2, 0.25) is 0 Å². The van der Waals surface area contributed by atoms with E-state index in [2.05, 4.69) is 5.32 Å². The van der Waals surface area contributed by atoms with E-state index in [1.807, 2.05) is 19.1 Å². The van der Waals surface area contributed by atoms with E-state index in [4.69, 9.17) is 0 Å². The van der Waals surface area contributed by atoms with Crippen LogP contribution in [0.1, 0.15) is 22.8 Å². The maximum Gasteiger partial charge on any atom is 0.332 e. The maximum absolute atomic E-state index is 12.0. The van der Waals surface area contributed by atoms with E-state index in [9.17, 15) is 20.0 Å². The lowest BCUT2D eigenvalue weighted by molar-refractivity contribution is 0.191. The highest BCUT2D eigenvalue weighted by Crippen LogP contribution is 2.15. The molecule has 2 rings (SSSR count). The summed E-state index contributed by atoms with van der Waals surface area (Å²) in [6.45, 7) is 2.02. The molecule has 23 heavy (non-hydrogen) atoms. The molecule has 0 saturated heterocycles. The minimum atomic E-state index is -0.832. The highest BCUT2D eigenvalue weighted by atomic mass is 16.3. The molecule has 0 radical (unpaired) electrons. The highest BCUT2D eigenvalue weighted by Gasteiger charge is 2.16. The Kier molecular flexibility index (Phi) is 4.67. The molecule has 0 aliphatic rings. The standard InChI is InChI=1S/C16H18N4O3/c1-10-4-6-11(7-5-10)13(21)9-18-14-12(8-17)15(22)20(3)16(23)19(14)2/h4-7,13,18,21H,9H2,1-3H3. The van der Waals surface area contributed by atoms with Gasteiger partial charge < -0.3 is 10.4 Å². The van der Waals surface area contributed by atoms with Crippen molar-refractivity contribution in [1.29, 1.82) is 5.26 Å². The first-order valence-corrected chi connectivity index (χ1v) is 7.05. The summed E-state index contributed by atoms with van der Waals surface area (Å²) >= 11 is 0. The lowest BCUT2D eigenvalue weighted by Crippen LogP contribution is -2.40. The van der Waals surface area contributed by atoms with Gasteiger partial charge in [-0.2, -0.15) is 5.26 Å². The minimum Gasteiger partial charge on any atom is -0.387 e. The van der Waals surface area contributed by atoms with E-state index < -0.39 is 17.4 Å². The highest BCUT2D eigenvalue weighted by molar-refractivity contribution is 5.51. The third kappa shape index (κ3) is 3.17. The molecule has 7 nitrogen and oxygen atoms in total. The summed E-state index contributed by atoms with van der Waals surface area (Å²) in [6.07, 6.45) is -0.832. The Hall–Kier alpha value is -2.85. The molecule has 2 aromatic rings. The molecular weight excluding hydrogens is 296 g/mol. The van der Waals surface area contributed by atoms with Gasteiger partial charge in [-0.15, -0.1) is 0 Å². The van der Waals surface area contributed by atoms with Gasteiger partial charge in [-0.3, -0.25) is 13.9 Å². The number of rotatable bonds is 4. The molecule has 0 amide bonds. The molecule has 0 aliphatic heterocycles. The number of nitrogens with one attached hydrogen (secondary N) is 1. The summed E-state index contributed by atoms with van der Waals surface area (Å²) in [4.78, 5) is 23.9. The Labute approximate surface area is 133 Å². The first-order valence-electron chi connectivity index (χ1n) is 7.05. The van der Waals surface area contributed by atoms with Gasteiger partial charge in [-0.05, 0) is 12.5 Å². The molecule has 1 aromatic heterocycles. The van der Waals surface area contributed by atoms with Crippen molar-refractivity contribution in [2.75, 3.05) is 11.9 Å². The van der Waals surface area contributed by atoms with Crippen molar-refractivity contribution >= 4 is 5.82 Å². The van der Waals surface area contributed by atoms with E-state index in [1.165, 1.54) is 18.7 Å². The molecule has 0 saturated carbocycles. The Balaban J connectivity index is 2.31. The number of aliphatic hydroxyl groups is 1. The number of anilines is 1. The van der Waals surface area contributed by atoms with Gasteiger partial charge in [0.25, 0.3) is 5.56 Å². The van der Waals surface area contributed by atoms with Crippen LogP contribution < -0.4 is 16.6 Å². The van der Waals surface area contributed by atoms with E-state index >= 15 is 0 Å². The van der Waals surface area contributed by atoms with Gasteiger partial charge in [-0.25, -0.2) is 4.79 Å². The van der Waals surface area contributed by atoms with E-state index in [-0.39, 0.29) is 17.9 Å². The van der Waals surface area contributed by atoms with Crippen molar-refractivity contribution in [1.82, 2.24) is 9.13 Å². The average Bonchev–Trinajstić information content (AvgIpc) is 2.55. The summed E-state index contributed by atoms with van der Waals surface area (Å²) in [5.41, 5.74) is 0.417. The maximum atomic E-state index is 12.0. The molecule has 0 bridgehead atoms. The quantitative estimate of drug-likeness (QED) is 0.851. The molecular formula is C16H18N4O3. The Morgan fingerprint density at radius 2 is 1.83 bits per heavy atom. The fourth-order valence-corrected chi connectivity index (χ4v) is 2.25. The van der Waals surface area contributed by atoms with Crippen LogP contribution in [-0.4, -0.2) is 20.8 Å². The summed E-state index contributed by atoms with van der Waals surface area (Å²) in [7, 11) is 2.78. The lowest BCUT2D eigenvalue weighted by atomic mass is 10.1. The second-order valence-corrected chi connectivity index (χ2v) is 5.35. The third-order valence-electron chi connectivity index (χ3n) is 3.70. The number of hydrogen-bond acceptors (Lipinski definition) is 5. The van der Waals surface area contributed by atoms with Crippen LogP contribution in [0.25, 0.3) is 0 Å². The Morgan fingerprint density at radius 3 is 2.39 bits per heavy atom. The van der Waals surface area contributed by atoms with Gasteiger partial charge >= 0.3 is 5.69 Å². The summed E-state index contributed by atoms with van der Waals surface area (Å²) in [5, 5.41) is 22.2. The van der Waals surface area contributed by atoms with Crippen molar-refractivity contribution in [3.05, 3.63) is 61.8 Å². The summed E-state index contributed by atoms with van der Waals surface area (Å²) in [6, 6.07) is 9.17. The van der Waals surface area contributed by atoms with Gasteiger partial charge in [0, 0.05) is 20.6 Å². The lowest BCUT2D eigenvalue weighted by Gasteiger charge is -2.17. The van der Waals surface area contributed by atoms with Crippen molar-refractivity contribution in [2.24, 2.45) is 14.1 Å². The molecule has 0 aliphatic carbocycles. The van der Waals surface area contributed by atoms with Crippen LogP contribution in [0.3, 0.4) is 0 Å². The van der Waals surface area contributed by atoms with Crippen LogP contribution in [0.15, 0.2) is 33.9 Å². The summed E-state index contributed by atoms with van der Waals surface area (Å²) in [5.74, 6) is 0.103. The third-order valence-corrected chi connectivity index (χ3v) is 3.70. The van der Waals surface area contributed by atoms with Crippen LogP contribution >= 0.6 is 0 Å². The van der Waals surface area contributed by atoms with Crippen LogP contribution in [0.2, 0.25) is 0 Å². The predicted molar refractivity (Wildman–Crippen MR) is 86.3 cm³/mol. The normalized spacial score (nSPS) is 11.8. The minimum absolute atomic E-state index is 0.0676. The van der Waals surface area contributed by atoms with Crippen molar-refractivity contribution in [3.63, 3.8) is 0 Å². The van der Waals surface area contributed by atoms with Gasteiger partial charge in [0.15, 0.2) is 5.56 Å². The van der Waals surface area contributed by atoms with Gasteiger partial charge in [0.05, 0.1) is 6.10 Å². The van der Waals surface area contributed by atoms with Gasteiger partial charge in [0.1, 0.15) is 11.9 Å². The van der Waals surface area contributed by atoms with E-state index in [0.717, 1.165) is 10.1 Å². The molecule has 1 unspecified atom stereocenters. The van der Waals surface area contributed by atoms with Crippen molar-refractivity contribution < 1.29 is 5.11 Å². The number of aliphatic hydroxyl groups excluding tert-OH is 1. The first kappa shape index (κ1) is 16.5. The Morgan fingerprint density at radius 1 is 1.22 bits per heavy atom. The topological polar surface area (TPSA) is 100 Å². The zero-order valence-electron chi connectivity index (χ0n) is 13.2. The van der Waals surface area contributed by atoms with Crippen LogP contribution in [0.4, 0.5) is 5.82 Å². The summed E-state index contributed by atoms with van der Waals surface area (Å²) < 4.78 is 2.06.